The maximum absolute atomic E-state index is 3.47. The van der Waals surface area contributed by atoms with Crippen molar-refractivity contribution in [2.75, 3.05) is 6.54 Å². The molecule has 0 aliphatic carbocycles. The zero-order valence-electron chi connectivity index (χ0n) is 7.43. The van der Waals surface area contributed by atoms with E-state index in [-0.39, 0.29) is 0 Å². The van der Waals surface area contributed by atoms with Gasteiger partial charge in [0.25, 0.3) is 0 Å². The van der Waals surface area contributed by atoms with E-state index in [4.69, 9.17) is 0 Å². The van der Waals surface area contributed by atoms with E-state index >= 15 is 0 Å². The van der Waals surface area contributed by atoms with Crippen LogP contribution in [-0.2, 0) is 0 Å². The SMILES string of the molecule is C/C=C\C(=C/C)C1CCCN1. The van der Waals surface area contributed by atoms with Crippen LogP contribution in [0.5, 0.6) is 0 Å². The quantitative estimate of drug-likeness (QED) is 0.597. The van der Waals surface area contributed by atoms with Gasteiger partial charge in [0.1, 0.15) is 0 Å². The Bertz CT molecular complexity index is 162. The third-order valence-electron chi connectivity index (χ3n) is 2.16. The first-order valence-electron chi connectivity index (χ1n) is 4.40. The maximum atomic E-state index is 3.47. The summed E-state index contributed by atoms with van der Waals surface area (Å²) in [5.74, 6) is 0. The van der Waals surface area contributed by atoms with Crippen LogP contribution in [0.3, 0.4) is 0 Å². The van der Waals surface area contributed by atoms with Gasteiger partial charge < -0.3 is 5.32 Å². The molecule has 1 unspecified atom stereocenters. The number of hydrogen-bond acceptors (Lipinski definition) is 1. The summed E-state index contributed by atoms with van der Waals surface area (Å²) in [6.45, 7) is 5.35. The van der Waals surface area contributed by atoms with Gasteiger partial charge in [0.05, 0.1) is 0 Å². The minimum absolute atomic E-state index is 0.621. The van der Waals surface area contributed by atoms with Crippen LogP contribution < -0.4 is 5.32 Å². The van der Waals surface area contributed by atoms with E-state index in [1.165, 1.54) is 25.0 Å². The number of allylic oxidation sites excluding steroid dienone is 2. The highest BCUT2D eigenvalue weighted by Crippen LogP contribution is 2.14. The first kappa shape index (κ1) is 8.54. The van der Waals surface area contributed by atoms with Crippen molar-refractivity contribution in [3.8, 4) is 0 Å². The molecule has 1 aliphatic rings. The van der Waals surface area contributed by atoms with Crippen LogP contribution in [0.15, 0.2) is 23.8 Å². The standard InChI is InChI=1S/C10H17N/c1-3-6-9(4-2)10-7-5-8-11-10/h3-4,6,10-11H,5,7-8H2,1-2H3/b6-3-,9-4+. The summed E-state index contributed by atoms with van der Waals surface area (Å²) in [6.07, 6.45) is 9.12. The Morgan fingerprint density at radius 1 is 1.45 bits per heavy atom. The van der Waals surface area contributed by atoms with Crippen molar-refractivity contribution in [2.45, 2.75) is 32.7 Å². The van der Waals surface area contributed by atoms with E-state index in [1.807, 2.05) is 0 Å². The van der Waals surface area contributed by atoms with Crippen LogP contribution in [-0.4, -0.2) is 12.6 Å². The molecule has 0 aromatic heterocycles. The Kier molecular flexibility index (Phi) is 3.37. The van der Waals surface area contributed by atoms with Gasteiger partial charge in [0, 0.05) is 6.04 Å². The molecule has 0 aromatic rings. The minimum Gasteiger partial charge on any atom is -0.310 e. The molecule has 1 N–H and O–H groups in total. The van der Waals surface area contributed by atoms with Crippen molar-refractivity contribution in [1.29, 1.82) is 0 Å². The van der Waals surface area contributed by atoms with Gasteiger partial charge in [0.15, 0.2) is 0 Å². The molecule has 1 atom stereocenters. The summed E-state index contributed by atoms with van der Waals surface area (Å²) in [7, 11) is 0. The van der Waals surface area contributed by atoms with Crippen molar-refractivity contribution in [2.24, 2.45) is 0 Å². The monoisotopic (exact) mass is 151 g/mol. The fourth-order valence-electron chi connectivity index (χ4n) is 1.58. The zero-order valence-corrected chi connectivity index (χ0v) is 7.43. The Morgan fingerprint density at radius 3 is 2.73 bits per heavy atom. The summed E-state index contributed by atoms with van der Waals surface area (Å²) < 4.78 is 0. The van der Waals surface area contributed by atoms with E-state index in [1.54, 1.807) is 0 Å². The second kappa shape index (κ2) is 4.35. The molecule has 0 amide bonds. The molecule has 1 heterocycles. The first-order chi connectivity index (χ1) is 5.38. The Hall–Kier alpha value is -0.560. The van der Waals surface area contributed by atoms with Crippen LogP contribution in [0.25, 0.3) is 0 Å². The Balaban J connectivity index is 2.54. The molecular formula is C10H17N. The van der Waals surface area contributed by atoms with E-state index in [2.05, 4.69) is 37.4 Å². The number of nitrogens with one attached hydrogen (secondary N) is 1. The largest absolute Gasteiger partial charge is 0.310 e. The summed E-state index contributed by atoms with van der Waals surface area (Å²) in [5, 5.41) is 3.47. The minimum atomic E-state index is 0.621. The number of rotatable bonds is 2. The molecule has 11 heavy (non-hydrogen) atoms. The van der Waals surface area contributed by atoms with Gasteiger partial charge >= 0.3 is 0 Å². The summed E-state index contributed by atoms with van der Waals surface area (Å²) in [5.41, 5.74) is 1.44. The van der Waals surface area contributed by atoms with Crippen molar-refractivity contribution in [3.05, 3.63) is 23.8 Å². The Labute approximate surface area is 69.2 Å². The molecule has 0 bridgehead atoms. The molecule has 0 aromatic carbocycles. The first-order valence-corrected chi connectivity index (χ1v) is 4.40. The summed E-state index contributed by atoms with van der Waals surface area (Å²) >= 11 is 0. The highest BCUT2D eigenvalue weighted by molar-refractivity contribution is 5.24. The maximum Gasteiger partial charge on any atom is 0.0317 e. The van der Waals surface area contributed by atoms with Gasteiger partial charge in [-0.25, -0.2) is 0 Å². The van der Waals surface area contributed by atoms with Crippen LogP contribution in [0.2, 0.25) is 0 Å². The van der Waals surface area contributed by atoms with Crippen molar-refractivity contribution in [1.82, 2.24) is 5.32 Å². The molecule has 0 radical (unpaired) electrons. The fourth-order valence-corrected chi connectivity index (χ4v) is 1.58. The molecule has 1 nitrogen and oxygen atoms in total. The summed E-state index contributed by atoms with van der Waals surface area (Å²) in [4.78, 5) is 0. The van der Waals surface area contributed by atoms with Gasteiger partial charge in [-0.3, -0.25) is 0 Å². The van der Waals surface area contributed by atoms with Gasteiger partial charge in [0.2, 0.25) is 0 Å². The average Bonchev–Trinajstić information content (AvgIpc) is 2.52. The molecule has 0 spiro atoms. The molecule has 1 rings (SSSR count). The third-order valence-corrected chi connectivity index (χ3v) is 2.16. The molecule has 0 saturated carbocycles. The van der Waals surface area contributed by atoms with Crippen LogP contribution >= 0.6 is 0 Å². The third kappa shape index (κ3) is 2.19. The normalized spacial score (nSPS) is 26.7. The lowest BCUT2D eigenvalue weighted by Gasteiger charge is -2.10. The molecular weight excluding hydrogens is 134 g/mol. The van der Waals surface area contributed by atoms with Crippen molar-refractivity contribution < 1.29 is 0 Å². The number of hydrogen-bond donors (Lipinski definition) is 1. The van der Waals surface area contributed by atoms with E-state index in [0.717, 1.165) is 0 Å². The van der Waals surface area contributed by atoms with Gasteiger partial charge in [-0.05, 0) is 38.8 Å². The van der Waals surface area contributed by atoms with Crippen molar-refractivity contribution in [3.63, 3.8) is 0 Å². The van der Waals surface area contributed by atoms with Crippen LogP contribution in [0.1, 0.15) is 26.7 Å². The Morgan fingerprint density at radius 2 is 2.27 bits per heavy atom. The molecule has 1 fully saturated rings. The van der Waals surface area contributed by atoms with Crippen molar-refractivity contribution >= 4 is 0 Å². The summed E-state index contributed by atoms with van der Waals surface area (Å²) in [6, 6.07) is 0.621. The van der Waals surface area contributed by atoms with Crippen LogP contribution in [0, 0.1) is 0 Å². The molecule has 1 aliphatic heterocycles. The second-order valence-corrected chi connectivity index (χ2v) is 2.94. The highest BCUT2D eigenvalue weighted by Gasteiger charge is 2.15. The van der Waals surface area contributed by atoms with E-state index < -0.39 is 0 Å². The molecule has 62 valence electrons. The lowest BCUT2D eigenvalue weighted by molar-refractivity contribution is 0.702. The zero-order chi connectivity index (χ0) is 8.10. The fraction of sp³-hybridized carbons (Fsp3) is 0.600. The van der Waals surface area contributed by atoms with Crippen LogP contribution in [0.4, 0.5) is 0 Å². The van der Waals surface area contributed by atoms with Gasteiger partial charge in [-0.15, -0.1) is 0 Å². The van der Waals surface area contributed by atoms with Gasteiger partial charge in [-0.1, -0.05) is 18.2 Å². The topological polar surface area (TPSA) is 12.0 Å². The molecule has 1 heteroatoms. The van der Waals surface area contributed by atoms with E-state index in [0.29, 0.717) is 6.04 Å². The predicted octanol–water partition coefficient (Wildman–Crippen LogP) is 2.26. The smallest absolute Gasteiger partial charge is 0.0317 e. The molecule has 1 saturated heterocycles. The van der Waals surface area contributed by atoms with E-state index in [9.17, 15) is 0 Å². The second-order valence-electron chi connectivity index (χ2n) is 2.94. The van der Waals surface area contributed by atoms with Gasteiger partial charge in [-0.2, -0.15) is 0 Å². The lowest BCUT2D eigenvalue weighted by Crippen LogP contribution is -2.22. The average molecular weight is 151 g/mol. The predicted molar refractivity (Wildman–Crippen MR) is 49.6 cm³/mol. The highest BCUT2D eigenvalue weighted by atomic mass is 14.9. The lowest BCUT2D eigenvalue weighted by atomic mass is 10.1.